The molecule has 0 unspecified atom stereocenters. The van der Waals surface area contributed by atoms with Crippen molar-refractivity contribution in [1.82, 2.24) is 10.9 Å². The summed E-state index contributed by atoms with van der Waals surface area (Å²) in [7, 11) is 2.95. The van der Waals surface area contributed by atoms with Crippen molar-refractivity contribution in [1.29, 1.82) is 0 Å². The molecule has 12 nitrogen and oxygen atoms in total. The first-order chi connectivity index (χ1) is 24.4. The van der Waals surface area contributed by atoms with Crippen LogP contribution in [0.15, 0.2) is 132 Å². The average molecular weight is 671 g/mol. The zero-order valence-corrected chi connectivity index (χ0v) is 26.9. The minimum Gasteiger partial charge on any atom is -0.496 e. The second-order valence-corrected chi connectivity index (χ2v) is 10.3. The lowest BCUT2D eigenvalue weighted by molar-refractivity contribution is 0.0692. The summed E-state index contributed by atoms with van der Waals surface area (Å²) in [5, 5.41) is 7.94. The Bertz CT molecular complexity index is 1910. The Hall–Kier alpha value is -7.08. The second kappa shape index (κ2) is 16.7. The lowest BCUT2D eigenvalue weighted by Gasteiger charge is -2.10. The molecular formula is C38H30N4O8. The van der Waals surface area contributed by atoms with Crippen LogP contribution < -0.4 is 29.8 Å². The predicted octanol–water partition coefficient (Wildman–Crippen LogP) is 5.67. The summed E-state index contributed by atoms with van der Waals surface area (Å²) in [5.41, 5.74) is 6.85. The third-order valence-electron chi connectivity index (χ3n) is 7.01. The monoisotopic (exact) mass is 670 g/mol. The van der Waals surface area contributed by atoms with Crippen LogP contribution in [-0.2, 0) is 0 Å². The van der Waals surface area contributed by atoms with Crippen LogP contribution in [0.25, 0.3) is 0 Å². The highest BCUT2D eigenvalue weighted by Crippen LogP contribution is 2.20. The van der Waals surface area contributed by atoms with Gasteiger partial charge in [-0.3, -0.25) is 9.59 Å². The van der Waals surface area contributed by atoms with Crippen LogP contribution in [0, 0.1) is 0 Å². The molecule has 0 radical (unpaired) electrons. The van der Waals surface area contributed by atoms with Gasteiger partial charge in [-0.25, -0.2) is 20.4 Å². The van der Waals surface area contributed by atoms with Gasteiger partial charge in [0, 0.05) is 0 Å². The molecule has 2 N–H and O–H groups in total. The van der Waals surface area contributed by atoms with E-state index in [9.17, 15) is 19.2 Å². The maximum atomic E-state index is 13.1. The van der Waals surface area contributed by atoms with Gasteiger partial charge < -0.3 is 18.9 Å². The summed E-state index contributed by atoms with van der Waals surface area (Å²) in [6.07, 6.45) is 2.87. The van der Waals surface area contributed by atoms with Gasteiger partial charge in [-0.05, 0) is 96.1 Å². The first-order valence-electron chi connectivity index (χ1n) is 15.0. The third kappa shape index (κ3) is 8.83. The molecule has 2 amide bonds. The fraction of sp³-hybridized carbons (Fsp3) is 0.0526. The molecule has 5 aromatic carbocycles. The van der Waals surface area contributed by atoms with Gasteiger partial charge in [-0.15, -0.1) is 0 Å². The number of nitrogens with one attached hydrogen (secondary N) is 2. The summed E-state index contributed by atoms with van der Waals surface area (Å²) < 4.78 is 21.4. The Morgan fingerprint density at radius 2 is 0.820 bits per heavy atom. The summed E-state index contributed by atoms with van der Waals surface area (Å²) in [5.74, 6) is -1.09. The van der Waals surface area contributed by atoms with Gasteiger partial charge in [0.15, 0.2) is 0 Å². The van der Waals surface area contributed by atoms with E-state index in [2.05, 4.69) is 21.1 Å². The van der Waals surface area contributed by atoms with Gasteiger partial charge in [0.2, 0.25) is 0 Å². The zero-order chi connectivity index (χ0) is 35.3. The van der Waals surface area contributed by atoms with E-state index in [0.29, 0.717) is 33.8 Å². The van der Waals surface area contributed by atoms with Crippen LogP contribution in [0.1, 0.15) is 52.6 Å². The van der Waals surface area contributed by atoms with Gasteiger partial charge in [0.25, 0.3) is 11.8 Å². The number of amides is 2. The van der Waals surface area contributed by atoms with E-state index in [-0.39, 0.29) is 22.6 Å². The number of rotatable bonds is 12. The molecule has 12 heteroatoms. The van der Waals surface area contributed by atoms with Crippen LogP contribution >= 0.6 is 0 Å². The minimum atomic E-state index is -0.759. The van der Waals surface area contributed by atoms with E-state index in [1.165, 1.54) is 38.8 Å². The van der Waals surface area contributed by atoms with Gasteiger partial charge in [-0.2, -0.15) is 10.2 Å². The molecule has 0 aromatic heterocycles. The van der Waals surface area contributed by atoms with E-state index in [0.717, 1.165) is 0 Å². The van der Waals surface area contributed by atoms with Crippen molar-refractivity contribution >= 4 is 36.2 Å². The zero-order valence-electron chi connectivity index (χ0n) is 26.9. The number of benzene rings is 5. The Balaban J connectivity index is 1.15. The number of hydrogen-bond acceptors (Lipinski definition) is 10. The van der Waals surface area contributed by atoms with Crippen LogP contribution in [0.5, 0.6) is 23.0 Å². The van der Waals surface area contributed by atoms with Crippen molar-refractivity contribution in [2.24, 2.45) is 10.2 Å². The normalized spacial score (nSPS) is 10.8. The fourth-order valence-electron chi connectivity index (χ4n) is 4.52. The predicted molar refractivity (Wildman–Crippen MR) is 185 cm³/mol. The number of para-hydroxylation sites is 2. The highest BCUT2D eigenvalue weighted by molar-refractivity contribution is 6.04. The summed E-state index contributed by atoms with van der Waals surface area (Å²) in [6.45, 7) is 0. The lowest BCUT2D eigenvalue weighted by Crippen LogP contribution is -2.18. The minimum absolute atomic E-state index is 0.0109. The largest absolute Gasteiger partial charge is 0.496 e. The number of carbonyl (C=O) groups is 4. The first kappa shape index (κ1) is 34.3. The number of esters is 2. The molecule has 0 saturated heterocycles. The molecule has 0 aliphatic carbocycles. The highest BCUT2D eigenvalue weighted by Gasteiger charge is 2.20. The molecule has 0 bridgehead atoms. The number of hydrogen-bond donors (Lipinski definition) is 2. The van der Waals surface area contributed by atoms with Crippen LogP contribution in [-0.4, -0.2) is 50.4 Å². The van der Waals surface area contributed by atoms with Crippen molar-refractivity contribution in [3.63, 3.8) is 0 Å². The molecule has 0 aliphatic rings. The van der Waals surface area contributed by atoms with Gasteiger partial charge in [0.05, 0.1) is 48.9 Å². The van der Waals surface area contributed by atoms with E-state index < -0.39 is 23.8 Å². The molecule has 0 heterocycles. The third-order valence-corrected chi connectivity index (χ3v) is 7.01. The summed E-state index contributed by atoms with van der Waals surface area (Å²) in [6, 6.07) is 32.5. The van der Waals surface area contributed by atoms with Gasteiger partial charge in [0.1, 0.15) is 23.0 Å². The SMILES string of the molecule is COc1ccccc1C(=O)NN=Cc1ccc(OC(=O)c2ccccc2C(=O)Oc2ccc(C=NNC(=O)c3ccccc3OC)cc2)cc1. The molecule has 5 rings (SSSR count). The Kier molecular flexibility index (Phi) is 11.4. The standard InChI is InChI=1S/C38H30N4O8/c1-47-33-13-7-5-11-31(33)35(43)41-39-23-25-15-19-27(20-16-25)49-37(45)29-9-3-4-10-30(29)38(46)50-28-21-17-26(18-22-28)24-40-42-36(44)32-12-6-8-14-34(32)48-2/h3-24H,1-2H3,(H,41,43)(H,42,44). The van der Waals surface area contributed by atoms with Gasteiger partial charge in [-0.1, -0.05) is 36.4 Å². The second-order valence-electron chi connectivity index (χ2n) is 10.3. The van der Waals surface area contributed by atoms with Gasteiger partial charge >= 0.3 is 11.9 Å². The van der Waals surface area contributed by atoms with E-state index in [1.807, 2.05) is 0 Å². The number of carbonyl (C=O) groups excluding carboxylic acids is 4. The topological polar surface area (TPSA) is 154 Å². The Labute approximate surface area is 287 Å². The van der Waals surface area contributed by atoms with Crippen molar-refractivity contribution in [3.05, 3.63) is 155 Å². The molecule has 50 heavy (non-hydrogen) atoms. The summed E-state index contributed by atoms with van der Waals surface area (Å²) in [4.78, 5) is 50.9. The van der Waals surface area contributed by atoms with E-state index in [4.69, 9.17) is 18.9 Å². The Morgan fingerprint density at radius 1 is 0.480 bits per heavy atom. The molecule has 0 spiro atoms. The number of nitrogens with zero attached hydrogens (tertiary/aromatic N) is 2. The Morgan fingerprint density at radius 3 is 1.18 bits per heavy atom. The van der Waals surface area contributed by atoms with Crippen molar-refractivity contribution in [2.45, 2.75) is 0 Å². The summed E-state index contributed by atoms with van der Waals surface area (Å²) >= 11 is 0. The molecule has 0 atom stereocenters. The maximum Gasteiger partial charge on any atom is 0.344 e. The van der Waals surface area contributed by atoms with Crippen LogP contribution in [0.3, 0.4) is 0 Å². The molecule has 5 aromatic rings. The van der Waals surface area contributed by atoms with E-state index >= 15 is 0 Å². The van der Waals surface area contributed by atoms with Crippen molar-refractivity contribution < 1.29 is 38.1 Å². The molecule has 0 saturated carbocycles. The number of methoxy groups -OCH3 is 2. The lowest BCUT2D eigenvalue weighted by atomic mass is 10.1. The first-order valence-corrected chi connectivity index (χ1v) is 15.0. The number of ether oxygens (including phenoxy) is 4. The highest BCUT2D eigenvalue weighted by atomic mass is 16.5. The smallest absolute Gasteiger partial charge is 0.344 e. The number of hydrazone groups is 2. The molecular weight excluding hydrogens is 640 g/mol. The average Bonchev–Trinajstić information content (AvgIpc) is 3.16. The van der Waals surface area contributed by atoms with Crippen LogP contribution in [0.2, 0.25) is 0 Å². The fourth-order valence-corrected chi connectivity index (χ4v) is 4.52. The quantitative estimate of drug-likeness (QED) is 0.0745. The maximum absolute atomic E-state index is 13.1. The van der Waals surface area contributed by atoms with Crippen LogP contribution in [0.4, 0.5) is 0 Å². The molecule has 0 aliphatic heterocycles. The van der Waals surface area contributed by atoms with Crippen molar-refractivity contribution in [3.8, 4) is 23.0 Å². The van der Waals surface area contributed by atoms with E-state index in [1.54, 1.807) is 109 Å². The van der Waals surface area contributed by atoms with Crippen molar-refractivity contribution in [2.75, 3.05) is 14.2 Å². The molecule has 250 valence electrons. The molecule has 0 fully saturated rings.